The number of nitrogens with one attached hydrogen (secondary N) is 1. The molecule has 7 nitrogen and oxygen atoms in total. The Balaban J connectivity index is 1.61. The molecule has 0 heterocycles. The first kappa shape index (κ1) is 24.3. The lowest BCUT2D eigenvalue weighted by molar-refractivity contribution is -0.123. The third kappa shape index (κ3) is 7.62. The maximum absolute atomic E-state index is 12.5. The number of rotatable bonds is 9. The lowest BCUT2D eigenvalue weighted by Gasteiger charge is -2.09. The molecule has 9 heteroatoms. The number of carbonyl (C=O) groups excluding carboxylic acids is 2. The Morgan fingerprint density at radius 2 is 1.82 bits per heavy atom. The van der Waals surface area contributed by atoms with Gasteiger partial charge in [0.15, 0.2) is 6.61 Å². The lowest BCUT2D eigenvalue weighted by atomic mass is 10.2. The Bertz CT molecular complexity index is 1150. The number of hydrogen-bond acceptors (Lipinski definition) is 6. The molecule has 1 N–H and O–H groups in total. The molecule has 0 unspecified atom stereocenters. The Hall–Kier alpha value is -3.36. The van der Waals surface area contributed by atoms with Crippen LogP contribution in [0.5, 0.6) is 17.2 Å². The quantitative estimate of drug-likeness (QED) is 0.176. The van der Waals surface area contributed by atoms with Crippen molar-refractivity contribution < 1.29 is 23.8 Å². The number of hydrogen-bond donors (Lipinski definition) is 1. The van der Waals surface area contributed by atoms with Gasteiger partial charge in [-0.1, -0.05) is 33.6 Å². The third-order valence-electron chi connectivity index (χ3n) is 4.13. The number of esters is 1. The van der Waals surface area contributed by atoms with Crippen LogP contribution in [0.4, 0.5) is 0 Å². The van der Waals surface area contributed by atoms with E-state index in [9.17, 15) is 9.59 Å². The van der Waals surface area contributed by atoms with Crippen LogP contribution < -0.4 is 19.6 Å². The minimum Gasteiger partial charge on any atom is -0.494 e. The largest absolute Gasteiger partial charge is 0.494 e. The molecular formula is C24H20BrClN2O5. The van der Waals surface area contributed by atoms with Crippen molar-refractivity contribution in [3.63, 3.8) is 0 Å². The highest BCUT2D eigenvalue weighted by atomic mass is 79.9. The lowest BCUT2D eigenvalue weighted by Crippen LogP contribution is -2.24. The van der Waals surface area contributed by atoms with E-state index in [1.54, 1.807) is 66.7 Å². The summed E-state index contributed by atoms with van der Waals surface area (Å²) in [5.74, 6) is 0.422. The van der Waals surface area contributed by atoms with Gasteiger partial charge in [-0.25, -0.2) is 10.2 Å². The zero-order valence-corrected chi connectivity index (χ0v) is 19.9. The monoisotopic (exact) mass is 530 g/mol. The zero-order valence-electron chi connectivity index (χ0n) is 17.6. The van der Waals surface area contributed by atoms with Crippen LogP contribution in [0, 0.1) is 0 Å². The van der Waals surface area contributed by atoms with Gasteiger partial charge in [-0.3, -0.25) is 4.79 Å². The standard InChI is InChI=1S/C24H20BrClN2O5/c1-2-31-20-9-6-16(7-10-20)24(30)33-22-11-8-18(25)12-17(22)14-27-28-23(29)15-32-21-5-3-4-19(26)13-21/h3-14H,2,15H2,1H3,(H,28,29)/b27-14+. The van der Waals surface area contributed by atoms with Crippen LogP contribution in [0.3, 0.4) is 0 Å². The van der Waals surface area contributed by atoms with Crippen LogP contribution >= 0.6 is 27.5 Å². The van der Waals surface area contributed by atoms with E-state index < -0.39 is 11.9 Å². The van der Waals surface area contributed by atoms with Gasteiger partial charge in [0.2, 0.25) is 0 Å². The van der Waals surface area contributed by atoms with E-state index in [2.05, 4.69) is 26.5 Å². The fraction of sp³-hybridized carbons (Fsp3) is 0.125. The summed E-state index contributed by atoms with van der Waals surface area (Å²) in [7, 11) is 0. The second kappa shape index (κ2) is 12.0. The molecule has 0 radical (unpaired) electrons. The SMILES string of the molecule is CCOc1ccc(C(=O)Oc2ccc(Br)cc2/C=N/NC(=O)COc2cccc(Cl)c2)cc1. The van der Waals surface area contributed by atoms with Crippen LogP contribution in [-0.2, 0) is 4.79 Å². The Morgan fingerprint density at radius 3 is 2.55 bits per heavy atom. The topological polar surface area (TPSA) is 86.2 Å². The number of halogens is 2. The van der Waals surface area contributed by atoms with Gasteiger partial charge in [-0.2, -0.15) is 5.10 Å². The van der Waals surface area contributed by atoms with Crippen molar-refractivity contribution in [3.05, 3.63) is 87.4 Å². The van der Waals surface area contributed by atoms with Crippen molar-refractivity contribution in [3.8, 4) is 17.2 Å². The van der Waals surface area contributed by atoms with Crippen molar-refractivity contribution in [1.29, 1.82) is 0 Å². The predicted molar refractivity (Wildman–Crippen MR) is 129 cm³/mol. The molecule has 0 saturated heterocycles. The smallest absolute Gasteiger partial charge is 0.343 e. The maximum Gasteiger partial charge on any atom is 0.343 e. The highest BCUT2D eigenvalue weighted by molar-refractivity contribution is 9.10. The molecule has 0 atom stereocenters. The van der Waals surface area contributed by atoms with Crippen LogP contribution in [0.1, 0.15) is 22.8 Å². The van der Waals surface area contributed by atoms with Crippen LogP contribution in [0.2, 0.25) is 5.02 Å². The fourth-order valence-corrected chi connectivity index (χ4v) is 3.20. The van der Waals surface area contributed by atoms with Crippen LogP contribution in [0.15, 0.2) is 76.3 Å². The second-order valence-electron chi connectivity index (χ2n) is 6.57. The molecular weight excluding hydrogens is 512 g/mol. The summed E-state index contributed by atoms with van der Waals surface area (Å²) in [5, 5.41) is 4.43. The molecule has 0 aliphatic rings. The van der Waals surface area contributed by atoms with Crippen LogP contribution in [-0.4, -0.2) is 31.3 Å². The molecule has 1 amide bonds. The summed E-state index contributed by atoms with van der Waals surface area (Å²) in [4.78, 5) is 24.5. The summed E-state index contributed by atoms with van der Waals surface area (Å²) >= 11 is 9.26. The second-order valence-corrected chi connectivity index (χ2v) is 7.92. The first-order valence-corrected chi connectivity index (χ1v) is 11.1. The first-order chi connectivity index (χ1) is 15.9. The molecule has 3 aromatic carbocycles. The van der Waals surface area contributed by atoms with Gasteiger partial charge in [-0.15, -0.1) is 0 Å². The normalized spacial score (nSPS) is 10.6. The molecule has 3 aromatic rings. The number of ether oxygens (including phenoxy) is 3. The summed E-state index contributed by atoms with van der Waals surface area (Å²) in [6.45, 7) is 2.18. The molecule has 170 valence electrons. The number of amides is 1. The van der Waals surface area contributed by atoms with Crippen LogP contribution in [0.25, 0.3) is 0 Å². The Morgan fingerprint density at radius 1 is 1.03 bits per heavy atom. The van der Waals surface area contributed by atoms with Gasteiger partial charge < -0.3 is 14.2 Å². The highest BCUT2D eigenvalue weighted by Gasteiger charge is 2.12. The van der Waals surface area contributed by atoms with E-state index in [4.69, 9.17) is 25.8 Å². The number of hydrazone groups is 1. The molecule has 0 fully saturated rings. The average molecular weight is 532 g/mol. The van der Waals surface area contributed by atoms with Crippen molar-refractivity contribution in [1.82, 2.24) is 5.43 Å². The van der Waals surface area contributed by atoms with Crippen molar-refractivity contribution in [2.45, 2.75) is 6.92 Å². The van der Waals surface area contributed by atoms with E-state index in [-0.39, 0.29) is 12.4 Å². The molecule has 0 aliphatic carbocycles. The van der Waals surface area contributed by atoms with E-state index in [0.29, 0.717) is 34.3 Å². The van der Waals surface area contributed by atoms with E-state index in [1.807, 2.05) is 6.92 Å². The fourth-order valence-electron chi connectivity index (χ4n) is 2.64. The van der Waals surface area contributed by atoms with E-state index >= 15 is 0 Å². The number of carbonyl (C=O) groups is 2. The summed E-state index contributed by atoms with van der Waals surface area (Å²) < 4.78 is 17.0. The summed E-state index contributed by atoms with van der Waals surface area (Å²) in [6.07, 6.45) is 1.38. The third-order valence-corrected chi connectivity index (χ3v) is 4.86. The van der Waals surface area contributed by atoms with Gasteiger partial charge in [-0.05, 0) is 67.6 Å². The first-order valence-electron chi connectivity index (χ1n) is 9.89. The summed E-state index contributed by atoms with van der Waals surface area (Å²) in [5.41, 5.74) is 3.23. The maximum atomic E-state index is 12.5. The molecule has 0 spiro atoms. The van der Waals surface area contributed by atoms with E-state index in [0.717, 1.165) is 4.47 Å². The van der Waals surface area contributed by atoms with Gasteiger partial charge >= 0.3 is 5.97 Å². The van der Waals surface area contributed by atoms with Crippen molar-refractivity contribution in [2.24, 2.45) is 5.10 Å². The minimum atomic E-state index is -0.533. The molecule has 0 bridgehead atoms. The van der Waals surface area contributed by atoms with Crippen molar-refractivity contribution in [2.75, 3.05) is 13.2 Å². The van der Waals surface area contributed by atoms with Gasteiger partial charge in [0, 0.05) is 15.1 Å². The molecule has 0 saturated carbocycles. The van der Waals surface area contributed by atoms with Gasteiger partial charge in [0.25, 0.3) is 5.91 Å². The Labute approximate surface area is 204 Å². The highest BCUT2D eigenvalue weighted by Crippen LogP contribution is 2.23. The number of benzene rings is 3. The molecule has 0 aromatic heterocycles. The minimum absolute atomic E-state index is 0.240. The number of nitrogens with zero attached hydrogens (tertiary/aromatic N) is 1. The van der Waals surface area contributed by atoms with Crippen molar-refractivity contribution >= 4 is 45.6 Å². The Kier molecular flexibility index (Phi) is 8.86. The molecule has 0 aliphatic heterocycles. The summed E-state index contributed by atoms with van der Waals surface area (Å²) in [6, 6.07) is 18.4. The molecule has 33 heavy (non-hydrogen) atoms. The predicted octanol–water partition coefficient (Wildman–Crippen LogP) is 5.25. The van der Waals surface area contributed by atoms with E-state index in [1.165, 1.54) is 6.21 Å². The zero-order chi connectivity index (χ0) is 23.6. The van der Waals surface area contributed by atoms with Gasteiger partial charge in [0.05, 0.1) is 18.4 Å². The molecule has 3 rings (SSSR count). The average Bonchev–Trinajstić information content (AvgIpc) is 2.80. The van der Waals surface area contributed by atoms with Gasteiger partial charge in [0.1, 0.15) is 17.2 Å².